The Morgan fingerprint density at radius 2 is 2.12 bits per heavy atom. The number of aromatic nitrogens is 2. The van der Waals surface area contributed by atoms with Crippen LogP contribution in [0.3, 0.4) is 0 Å². The second-order valence-electron chi connectivity index (χ2n) is 5.90. The number of hydrogen-bond donors (Lipinski definition) is 3. The van der Waals surface area contributed by atoms with E-state index < -0.39 is 0 Å². The third-order valence-corrected chi connectivity index (χ3v) is 3.92. The summed E-state index contributed by atoms with van der Waals surface area (Å²) < 4.78 is 5.28. The van der Waals surface area contributed by atoms with Gasteiger partial charge in [0.15, 0.2) is 0 Å². The summed E-state index contributed by atoms with van der Waals surface area (Å²) >= 11 is 0. The number of H-pyrrole nitrogens is 1. The van der Waals surface area contributed by atoms with Gasteiger partial charge in [0.05, 0.1) is 30.2 Å². The van der Waals surface area contributed by atoms with Gasteiger partial charge in [0.2, 0.25) is 0 Å². The van der Waals surface area contributed by atoms with E-state index in [-0.39, 0.29) is 12.1 Å². The molecule has 0 fully saturated rings. The third kappa shape index (κ3) is 4.26. The number of ether oxygens (including phenoxy) is 1. The molecule has 0 saturated heterocycles. The van der Waals surface area contributed by atoms with Crippen LogP contribution < -0.4 is 15.4 Å². The number of methoxy groups -OCH3 is 1. The summed E-state index contributed by atoms with van der Waals surface area (Å²) in [6, 6.07) is 7.64. The molecule has 7 nitrogen and oxygen atoms in total. The van der Waals surface area contributed by atoms with E-state index in [4.69, 9.17) is 4.74 Å². The maximum atomic E-state index is 12.2. The number of nitrogens with zero attached hydrogens (tertiary/aromatic N) is 2. The van der Waals surface area contributed by atoms with Crippen LogP contribution in [-0.4, -0.2) is 48.9 Å². The Kier molecular flexibility index (Phi) is 5.81. The molecule has 24 heavy (non-hydrogen) atoms. The second kappa shape index (κ2) is 7.83. The van der Waals surface area contributed by atoms with E-state index in [9.17, 15) is 4.79 Å². The van der Waals surface area contributed by atoms with E-state index in [1.807, 2.05) is 52.2 Å². The maximum Gasteiger partial charge on any atom is 0.319 e. The van der Waals surface area contributed by atoms with E-state index in [0.717, 1.165) is 28.4 Å². The van der Waals surface area contributed by atoms with Gasteiger partial charge in [0, 0.05) is 6.54 Å². The van der Waals surface area contributed by atoms with Crippen molar-refractivity contribution in [2.24, 2.45) is 0 Å². The fourth-order valence-electron chi connectivity index (χ4n) is 2.53. The van der Waals surface area contributed by atoms with E-state index in [2.05, 4.69) is 25.7 Å². The van der Waals surface area contributed by atoms with Crippen LogP contribution in [0.15, 0.2) is 24.3 Å². The SMILES string of the molecule is COc1cccc(C(CNC(=O)Nc2c(C)n[nH]c2C)N(C)C)c1. The topological polar surface area (TPSA) is 82.3 Å². The summed E-state index contributed by atoms with van der Waals surface area (Å²) in [6.07, 6.45) is 0. The van der Waals surface area contributed by atoms with Gasteiger partial charge < -0.3 is 20.3 Å². The van der Waals surface area contributed by atoms with Gasteiger partial charge in [-0.15, -0.1) is 0 Å². The van der Waals surface area contributed by atoms with Crippen LogP contribution in [0, 0.1) is 13.8 Å². The van der Waals surface area contributed by atoms with Crippen LogP contribution >= 0.6 is 0 Å². The number of carbonyl (C=O) groups is 1. The van der Waals surface area contributed by atoms with Gasteiger partial charge in [-0.25, -0.2) is 4.79 Å². The molecule has 1 aromatic heterocycles. The van der Waals surface area contributed by atoms with Crippen molar-refractivity contribution in [1.82, 2.24) is 20.4 Å². The van der Waals surface area contributed by atoms with Crippen molar-refractivity contribution in [1.29, 1.82) is 0 Å². The Bertz CT molecular complexity index is 677. The fraction of sp³-hybridized carbons (Fsp3) is 0.412. The summed E-state index contributed by atoms with van der Waals surface area (Å²) in [6.45, 7) is 4.19. The zero-order valence-electron chi connectivity index (χ0n) is 14.8. The Hall–Kier alpha value is -2.54. The van der Waals surface area contributed by atoms with Gasteiger partial charge in [-0.3, -0.25) is 5.10 Å². The van der Waals surface area contributed by atoms with Gasteiger partial charge in [0.1, 0.15) is 5.75 Å². The van der Waals surface area contributed by atoms with Crippen molar-refractivity contribution in [3.63, 3.8) is 0 Å². The summed E-state index contributed by atoms with van der Waals surface area (Å²) in [7, 11) is 5.60. The van der Waals surface area contributed by atoms with Crippen LogP contribution in [0.5, 0.6) is 5.75 Å². The van der Waals surface area contributed by atoms with Crippen molar-refractivity contribution >= 4 is 11.7 Å². The molecular weight excluding hydrogens is 306 g/mol. The lowest BCUT2D eigenvalue weighted by Crippen LogP contribution is -2.37. The van der Waals surface area contributed by atoms with Gasteiger partial charge in [0.25, 0.3) is 0 Å². The number of likely N-dealkylation sites (N-methyl/N-ethyl adjacent to an activating group) is 1. The Morgan fingerprint density at radius 1 is 1.38 bits per heavy atom. The monoisotopic (exact) mass is 331 g/mol. The summed E-state index contributed by atoms with van der Waals surface area (Å²) in [5.74, 6) is 0.799. The lowest BCUT2D eigenvalue weighted by molar-refractivity contribution is 0.243. The lowest BCUT2D eigenvalue weighted by Gasteiger charge is -2.25. The molecule has 1 unspecified atom stereocenters. The zero-order chi connectivity index (χ0) is 17.7. The highest BCUT2D eigenvalue weighted by atomic mass is 16.5. The molecule has 1 heterocycles. The minimum atomic E-state index is -0.252. The number of aryl methyl sites for hydroxylation is 2. The van der Waals surface area contributed by atoms with Crippen molar-refractivity contribution in [2.75, 3.05) is 33.1 Å². The molecule has 0 aliphatic heterocycles. The standard InChI is InChI=1S/C17H25N5O2/c1-11-16(12(2)21-20-11)19-17(23)18-10-15(22(3)4)13-7-6-8-14(9-13)24-5/h6-9,15H,10H2,1-5H3,(H,20,21)(H2,18,19,23). The highest BCUT2D eigenvalue weighted by molar-refractivity contribution is 5.90. The molecule has 0 aliphatic rings. The summed E-state index contributed by atoms with van der Waals surface area (Å²) in [5.41, 5.74) is 3.39. The molecule has 2 aromatic rings. The Balaban J connectivity index is 2.02. The zero-order valence-corrected chi connectivity index (χ0v) is 14.8. The minimum absolute atomic E-state index is 0.0393. The number of anilines is 1. The van der Waals surface area contributed by atoms with Crippen LogP contribution in [0.4, 0.5) is 10.5 Å². The number of amides is 2. The smallest absolute Gasteiger partial charge is 0.319 e. The molecule has 0 spiro atoms. The predicted molar refractivity (Wildman–Crippen MR) is 94.5 cm³/mol. The molecule has 0 aliphatic carbocycles. The molecule has 2 amide bonds. The van der Waals surface area contributed by atoms with Gasteiger partial charge in [-0.05, 0) is 45.6 Å². The van der Waals surface area contributed by atoms with Gasteiger partial charge >= 0.3 is 6.03 Å². The van der Waals surface area contributed by atoms with E-state index >= 15 is 0 Å². The first kappa shape index (κ1) is 17.8. The number of hydrogen-bond acceptors (Lipinski definition) is 4. The fourth-order valence-corrected chi connectivity index (χ4v) is 2.53. The maximum absolute atomic E-state index is 12.2. The molecule has 1 aromatic carbocycles. The number of rotatable bonds is 6. The molecule has 0 saturated carbocycles. The highest BCUT2D eigenvalue weighted by Gasteiger charge is 2.17. The Labute approximate surface area is 142 Å². The molecule has 7 heteroatoms. The molecule has 0 bridgehead atoms. The van der Waals surface area contributed by atoms with Crippen LogP contribution in [0.1, 0.15) is 23.0 Å². The third-order valence-electron chi connectivity index (χ3n) is 3.92. The lowest BCUT2D eigenvalue weighted by atomic mass is 10.1. The summed E-state index contributed by atoms with van der Waals surface area (Å²) in [5, 5.41) is 12.7. The second-order valence-corrected chi connectivity index (χ2v) is 5.90. The van der Waals surface area contributed by atoms with Crippen molar-refractivity contribution in [3.05, 3.63) is 41.2 Å². The average Bonchev–Trinajstić information content (AvgIpc) is 2.87. The number of aromatic amines is 1. The molecule has 0 radical (unpaired) electrons. The normalized spacial score (nSPS) is 12.1. The number of urea groups is 1. The number of nitrogens with one attached hydrogen (secondary N) is 3. The van der Waals surface area contributed by atoms with E-state index in [1.165, 1.54) is 0 Å². The first-order chi connectivity index (χ1) is 11.4. The van der Waals surface area contributed by atoms with Crippen molar-refractivity contribution in [2.45, 2.75) is 19.9 Å². The molecule has 2 rings (SSSR count). The first-order valence-corrected chi connectivity index (χ1v) is 7.79. The molecule has 130 valence electrons. The van der Waals surface area contributed by atoms with Crippen molar-refractivity contribution in [3.8, 4) is 5.75 Å². The first-order valence-electron chi connectivity index (χ1n) is 7.79. The van der Waals surface area contributed by atoms with E-state index in [0.29, 0.717) is 6.54 Å². The van der Waals surface area contributed by atoms with Gasteiger partial charge in [-0.2, -0.15) is 5.10 Å². The average molecular weight is 331 g/mol. The van der Waals surface area contributed by atoms with Crippen LogP contribution in [0.25, 0.3) is 0 Å². The quantitative estimate of drug-likeness (QED) is 0.759. The van der Waals surface area contributed by atoms with Crippen molar-refractivity contribution < 1.29 is 9.53 Å². The Morgan fingerprint density at radius 3 is 2.71 bits per heavy atom. The number of benzene rings is 1. The highest BCUT2D eigenvalue weighted by Crippen LogP contribution is 2.22. The molecular formula is C17H25N5O2. The number of carbonyl (C=O) groups excluding carboxylic acids is 1. The van der Waals surface area contributed by atoms with E-state index in [1.54, 1.807) is 7.11 Å². The van der Waals surface area contributed by atoms with Gasteiger partial charge in [-0.1, -0.05) is 12.1 Å². The molecule has 3 N–H and O–H groups in total. The molecule has 1 atom stereocenters. The van der Waals surface area contributed by atoms with Crippen LogP contribution in [-0.2, 0) is 0 Å². The minimum Gasteiger partial charge on any atom is -0.497 e. The largest absolute Gasteiger partial charge is 0.497 e. The van der Waals surface area contributed by atoms with Crippen LogP contribution in [0.2, 0.25) is 0 Å². The summed E-state index contributed by atoms with van der Waals surface area (Å²) in [4.78, 5) is 14.2. The predicted octanol–water partition coefficient (Wildman–Crippen LogP) is 2.46.